The number of ketones is 1. The van der Waals surface area contributed by atoms with E-state index in [1.165, 1.54) is 11.3 Å². The summed E-state index contributed by atoms with van der Waals surface area (Å²) in [6.45, 7) is 3.43. The minimum absolute atomic E-state index is 0.0501. The van der Waals surface area contributed by atoms with E-state index < -0.39 is 5.97 Å². The van der Waals surface area contributed by atoms with Crippen LogP contribution in [0.2, 0.25) is 0 Å². The molecule has 1 N–H and O–H groups in total. The lowest BCUT2D eigenvalue weighted by molar-refractivity contribution is -0.147. The molecule has 1 amide bonds. The molecule has 0 unspecified atom stereocenters. The highest BCUT2D eigenvalue weighted by Crippen LogP contribution is 2.23. The van der Waals surface area contributed by atoms with Crippen LogP contribution < -0.4 is 10.2 Å². The van der Waals surface area contributed by atoms with E-state index in [0.29, 0.717) is 10.6 Å². The Morgan fingerprint density at radius 2 is 1.59 bits per heavy atom. The van der Waals surface area contributed by atoms with Gasteiger partial charge < -0.3 is 15.0 Å². The third-order valence-electron chi connectivity index (χ3n) is 4.70. The molecule has 7 heteroatoms. The number of nitrogens with one attached hydrogen (secondary N) is 1. The molecule has 0 spiro atoms. The van der Waals surface area contributed by atoms with Crippen LogP contribution in [0.3, 0.4) is 0 Å². The van der Waals surface area contributed by atoms with Crippen LogP contribution in [0.4, 0.5) is 17.1 Å². The van der Waals surface area contributed by atoms with Gasteiger partial charge in [0.05, 0.1) is 11.3 Å². The van der Waals surface area contributed by atoms with Crippen LogP contribution in [0.1, 0.15) is 36.4 Å². The molecule has 0 aliphatic carbocycles. The molecule has 32 heavy (non-hydrogen) atoms. The number of rotatable bonds is 10. The molecular weight excluding hydrogens is 424 g/mol. The summed E-state index contributed by atoms with van der Waals surface area (Å²) in [5.74, 6) is -0.979. The van der Waals surface area contributed by atoms with Crippen LogP contribution in [0.5, 0.6) is 0 Å². The minimum atomic E-state index is -0.561. The van der Waals surface area contributed by atoms with Gasteiger partial charge in [-0.05, 0) is 61.7 Å². The fraction of sp³-hybridized carbons (Fsp3) is 0.240. The zero-order valence-electron chi connectivity index (χ0n) is 18.1. The average molecular weight is 451 g/mol. The average Bonchev–Trinajstić information content (AvgIpc) is 3.33. The highest BCUT2D eigenvalue weighted by molar-refractivity contribution is 7.12. The second-order valence-corrected chi connectivity index (χ2v) is 8.40. The van der Waals surface area contributed by atoms with Crippen LogP contribution in [0.25, 0.3) is 0 Å². The SMILES string of the molecule is CC(C)N(C(=O)COC(=O)CCC(=O)c1cccs1)c1ccc(Nc2ccccc2)cc1. The zero-order chi connectivity index (χ0) is 22.9. The topological polar surface area (TPSA) is 75.7 Å². The normalized spacial score (nSPS) is 10.6. The predicted molar refractivity (Wildman–Crippen MR) is 128 cm³/mol. The van der Waals surface area contributed by atoms with Gasteiger partial charge in [0.15, 0.2) is 12.4 Å². The zero-order valence-corrected chi connectivity index (χ0v) is 18.9. The number of thiophene rings is 1. The van der Waals surface area contributed by atoms with Gasteiger partial charge in [-0.25, -0.2) is 0 Å². The molecule has 0 bridgehead atoms. The number of ether oxygens (including phenoxy) is 1. The highest BCUT2D eigenvalue weighted by Gasteiger charge is 2.21. The summed E-state index contributed by atoms with van der Waals surface area (Å²) in [5.41, 5.74) is 2.59. The van der Waals surface area contributed by atoms with Crippen LogP contribution >= 0.6 is 11.3 Å². The van der Waals surface area contributed by atoms with Crippen LogP contribution in [0.15, 0.2) is 72.1 Å². The summed E-state index contributed by atoms with van der Waals surface area (Å²) in [6, 6.07) is 20.7. The summed E-state index contributed by atoms with van der Waals surface area (Å²) in [6.07, 6.45) is 0.0167. The Hall–Kier alpha value is -3.45. The Bertz CT molecular complexity index is 1030. The molecule has 166 valence electrons. The molecule has 1 aromatic heterocycles. The maximum absolute atomic E-state index is 12.8. The molecule has 0 aliphatic heterocycles. The Labute approximate surface area is 191 Å². The molecule has 0 radical (unpaired) electrons. The minimum Gasteiger partial charge on any atom is -0.456 e. The Balaban J connectivity index is 1.53. The van der Waals surface area contributed by atoms with Gasteiger partial charge >= 0.3 is 5.97 Å². The molecule has 1 heterocycles. The van der Waals surface area contributed by atoms with Crippen molar-refractivity contribution in [3.63, 3.8) is 0 Å². The third-order valence-corrected chi connectivity index (χ3v) is 5.61. The molecule has 0 saturated heterocycles. The first-order chi connectivity index (χ1) is 15.4. The van der Waals surface area contributed by atoms with Crippen LogP contribution in [-0.4, -0.2) is 30.3 Å². The van der Waals surface area contributed by atoms with Crippen molar-refractivity contribution >= 4 is 46.1 Å². The summed E-state index contributed by atoms with van der Waals surface area (Å²) >= 11 is 1.34. The molecule has 0 aliphatic rings. The van der Waals surface area contributed by atoms with Crippen molar-refractivity contribution in [2.45, 2.75) is 32.7 Å². The van der Waals surface area contributed by atoms with E-state index in [-0.39, 0.29) is 37.2 Å². The molecule has 0 atom stereocenters. The fourth-order valence-corrected chi connectivity index (χ4v) is 3.88. The number of anilines is 3. The second-order valence-electron chi connectivity index (χ2n) is 7.46. The second kappa shape index (κ2) is 11.2. The van der Waals surface area contributed by atoms with E-state index >= 15 is 0 Å². The number of Topliss-reactive ketones (excluding diaryl/α,β-unsaturated/α-hetero) is 1. The van der Waals surface area contributed by atoms with Gasteiger partial charge in [0.2, 0.25) is 0 Å². The van der Waals surface area contributed by atoms with E-state index in [1.54, 1.807) is 17.0 Å². The van der Waals surface area contributed by atoms with Crippen molar-refractivity contribution in [1.29, 1.82) is 0 Å². The molecule has 3 aromatic rings. The standard InChI is InChI=1S/C25H26N2O4S/c1-18(2)27(21-12-10-20(11-13-21)26-19-7-4-3-5-8-19)24(29)17-31-25(30)15-14-22(28)23-9-6-16-32-23/h3-13,16,18,26H,14-15,17H2,1-2H3. The summed E-state index contributed by atoms with van der Waals surface area (Å²) in [4.78, 5) is 39.0. The highest BCUT2D eigenvalue weighted by atomic mass is 32.1. The van der Waals surface area contributed by atoms with Crippen LogP contribution in [-0.2, 0) is 14.3 Å². The maximum atomic E-state index is 12.8. The quantitative estimate of drug-likeness (QED) is 0.329. The van der Waals surface area contributed by atoms with Gasteiger partial charge in [0, 0.05) is 29.5 Å². The fourth-order valence-electron chi connectivity index (χ4n) is 3.18. The first-order valence-electron chi connectivity index (χ1n) is 10.4. The first-order valence-corrected chi connectivity index (χ1v) is 11.3. The number of carbonyl (C=O) groups excluding carboxylic acids is 3. The maximum Gasteiger partial charge on any atom is 0.306 e. The lowest BCUT2D eigenvalue weighted by Gasteiger charge is -2.27. The Morgan fingerprint density at radius 1 is 0.906 bits per heavy atom. The Morgan fingerprint density at radius 3 is 2.22 bits per heavy atom. The smallest absolute Gasteiger partial charge is 0.306 e. The molecule has 3 rings (SSSR count). The van der Waals surface area contributed by atoms with E-state index in [2.05, 4.69) is 5.32 Å². The van der Waals surface area contributed by atoms with Gasteiger partial charge in [-0.2, -0.15) is 0 Å². The monoisotopic (exact) mass is 450 g/mol. The van der Waals surface area contributed by atoms with Gasteiger partial charge in [-0.3, -0.25) is 14.4 Å². The number of amides is 1. The number of hydrogen-bond donors (Lipinski definition) is 1. The molecule has 0 saturated carbocycles. The Kier molecular flexibility index (Phi) is 8.16. The molecular formula is C25H26N2O4S. The van der Waals surface area contributed by atoms with Gasteiger partial charge in [-0.1, -0.05) is 24.3 Å². The van der Waals surface area contributed by atoms with Crippen molar-refractivity contribution in [2.75, 3.05) is 16.8 Å². The number of esters is 1. The van der Waals surface area contributed by atoms with Crippen molar-refractivity contribution in [3.8, 4) is 0 Å². The summed E-state index contributed by atoms with van der Waals surface area (Å²) < 4.78 is 5.14. The summed E-state index contributed by atoms with van der Waals surface area (Å²) in [7, 11) is 0. The molecule has 6 nitrogen and oxygen atoms in total. The van der Waals surface area contributed by atoms with Gasteiger partial charge in [0.25, 0.3) is 5.91 Å². The first kappa shape index (κ1) is 23.2. The van der Waals surface area contributed by atoms with Crippen molar-refractivity contribution < 1.29 is 19.1 Å². The van der Waals surface area contributed by atoms with Gasteiger partial charge in [-0.15, -0.1) is 11.3 Å². The third kappa shape index (κ3) is 6.52. The number of nitrogens with zero attached hydrogens (tertiary/aromatic N) is 1. The van der Waals surface area contributed by atoms with E-state index in [4.69, 9.17) is 4.74 Å². The van der Waals surface area contributed by atoms with E-state index in [1.807, 2.05) is 73.8 Å². The predicted octanol–water partition coefficient (Wildman–Crippen LogP) is 5.44. The lowest BCUT2D eigenvalue weighted by Crippen LogP contribution is -2.39. The van der Waals surface area contributed by atoms with Crippen molar-refractivity contribution in [2.24, 2.45) is 0 Å². The van der Waals surface area contributed by atoms with Crippen molar-refractivity contribution in [3.05, 3.63) is 77.0 Å². The number of para-hydroxylation sites is 1. The van der Waals surface area contributed by atoms with E-state index in [0.717, 1.165) is 11.4 Å². The van der Waals surface area contributed by atoms with Crippen molar-refractivity contribution in [1.82, 2.24) is 0 Å². The molecule has 2 aromatic carbocycles. The van der Waals surface area contributed by atoms with E-state index in [9.17, 15) is 14.4 Å². The number of hydrogen-bond acceptors (Lipinski definition) is 6. The molecule has 0 fully saturated rings. The van der Waals surface area contributed by atoms with Crippen LogP contribution in [0, 0.1) is 0 Å². The largest absolute Gasteiger partial charge is 0.456 e. The number of benzene rings is 2. The van der Waals surface area contributed by atoms with Gasteiger partial charge in [0.1, 0.15) is 0 Å². The summed E-state index contributed by atoms with van der Waals surface area (Å²) in [5, 5.41) is 5.12. The number of carbonyl (C=O) groups is 3. The lowest BCUT2D eigenvalue weighted by atomic mass is 10.2.